The van der Waals surface area contributed by atoms with Gasteiger partial charge in [0.25, 0.3) is 0 Å². The van der Waals surface area contributed by atoms with Gasteiger partial charge in [-0.2, -0.15) is 5.10 Å². The van der Waals surface area contributed by atoms with Crippen molar-refractivity contribution >= 4 is 0 Å². The first-order valence-electron chi connectivity index (χ1n) is 6.60. The van der Waals surface area contributed by atoms with Crippen molar-refractivity contribution in [3.63, 3.8) is 0 Å². The number of nitrogens with one attached hydrogen (secondary N) is 1. The fourth-order valence-electron chi connectivity index (χ4n) is 2.09. The molecular weight excluding hydrogens is 214 g/mol. The lowest BCUT2D eigenvalue weighted by Crippen LogP contribution is -2.46. The molecule has 0 radical (unpaired) electrons. The van der Waals surface area contributed by atoms with Crippen LogP contribution in [0.1, 0.15) is 51.3 Å². The van der Waals surface area contributed by atoms with Gasteiger partial charge in [-0.15, -0.1) is 0 Å². The van der Waals surface area contributed by atoms with Crippen molar-refractivity contribution in [3.05, 3.63) is 18.0 Å². The van der Waals surface area contributed by atoms with Crippen molar-refractivity contribution in [2.75, 3.05) is 6.54 Å². The molecule has 1 saturated carbocycles. The molecule has 17 heavy (non-hydrogen) atoms. The van der Waals surface area contributed by atoms with E-state index < -0.39 is 5.60 Å². The van der Waals surface area contributed by atoms with Gasteiger partial charge in [0.1, 0.15) is 0 Å². The Morgan fingerprint density at radius 1 is 1.59 bits per heavy atom. The highest BCUT2D eigenvalue weighted by Gasteiger charge is 2.33. The predicted octanol–water partition coefficient (Wildman–Crippen LogP) is 1.86. The number of hydrogen-bond acceptors (Lipinski definition) is 3. The fourth-order valence-corrected chi connectivity index (χ4v) is 2.09. The molecule has 2 N–H and O–H groups in total. The van der Waals surface area contributed by atoms with Crippen LogP contribution in [0.2, 0.25) is 0 Å². The molecule has 2 rings (SSSR count). The third-order valence-electron chi connectivity index (χ3n) is 3.75. The van der Waals surface area contributed by atoms with Crippen LogP contribution in [0.5, 0.6) is 0 Å². The highest BCUT2D eigenvalue weighted by Crippen LogP contribution is 2.30. The Balaban J connectivity index is 1.77. The van der Waals surface area contributed by atoms with Crippen LogP contribution < -0.4 is 5.32 Å². The van der Waals surface area contributed by atoms with Crippen molar-refractivity contribution in [1.29, 1.82) is 0 Å². The normalized spacial score (nSPS) is 19.9. The van der Waals surface area contributed by atoms with Crippen LogP contribution in [0.25, 0.3) is 0 Å². The van der Waals surface area contributed by atoms with E-state index in [0.717, 1.165) is 37.9 Å². The van der Waals surface area contributed by atoms with Gasteiger partial charge in [0.2, 0.25) is 0 Å². The lowest BCUT2D eigenvalue weighted by Gasteiger charge is -2.36. The Bertz CT molecular complexity index is 357. The summed E-state index contributed by atoms with van der Waals surface area (Å²) in [6.45, 7) is 5.76. The van der Waals surface area contributed by atoms with Crippen LogP contribution in [0.4, 0.5) is 0 Å². The van der Waals surface area contributed by atoms with E-state index in [-0.39, 0.29) is 0 Å². The second kappa shape index (κ2) is 5.19. The van der Waals surface area contributed by atoms with Crippen LogP contribution in [0.15, 0.2) is 12.3 Å². The smallest absolute Gasteiger partial charge is 0.0771 e. The van der Waals surface area contributed by atoms with E-state index in [4.69, 9.17) is 0 Å². The van der Waals surface area contributed by atoms with E-state index in [0.29, 0.717) is 12.6 Å². The number of rotatable bonds is 6. The molecule has 0 aliphatic heterocycles. The van der Waals surface area contributed by atoms with Crippen molar-refractivity contribution in [2.24, 2.45) is 0 Å². The van der Waals surface area contributed by atoms with E-state index >= 15 is 0 Å². The van der Waals surface area contributed by atoms with E-state index in [2.05, 4.69) is 24.3 Å². The Morgan fingerprint density at radius 2 is 2.35 bits per heavy atom. The van der Waals surface area contributed by atoms with Gasteiger partial charge in [-0.3, -0.25) is 4.68 Å². The summed E-state index contributed by atoms with van der Waals surface area (Å²) >= 11 is 0. The van der Waals surface area contributed by atoms with E-state index in [9.17, 15) is 5.11 Å². The zero-order chi connectivity index (χ0) is 12.3. The summed E-state index contributed by atoms with van der Waals surface area (Å²) < 4.78 is 2.01. The lowest BCUT2D eigenvalue weighted by molar-refractivity contribution is -0.0315. The minimum Gasteiger partial charge on any atom is -0.389 e. The molecule has 4 nitrogen and oxygen atoms in total. The molecule has 0 aromatic carbocycles. The first kappa shape index (κ1) is 12.6. The predicted molar refractivity (Wildman–Crippen MR) is 67.7 cm³/mol. The second-order valence-electron chi connectivity index (χ2n) is 5.23. The first-order chi connectivity index (χ1) is 8.13. The molecule has 0 spiro atoms. The van der Waals surface area contributed by atoms with Gasteiger partial charge in [-0.1, -0.05) is 6.92 Å². The highest BCUT2D eigenvalue weighted by molar-refractivity contribution is 5.00. The Morgan fingerprint density at radius 3 is 2.94 bits per heavy atom. The van der Waals surface area contributed by atoms with Gasteiger partial charge in [-0.05, 0) is 38.7 Å². The SMILES string of the molecule is CCC(C)n1ccc(CNCC2(O)CCC2)n1. The fraction of sp³-hybridized carbons (Fsp3) is 0.769. The Labute approximate surface area is 103 Å². The molecule has 96 valence electrons. The number of nitrogens with zero attached hydrogens (tertiary/aromatic N) is 2. The largest absolute Gasteiger partial charge is 0.389 e. The lowest BCUT2D eigenvalue weighted by atomic mass is 9.80. The molecule has 1 aliphatic carbocycles. The molecule has 1 atom stereocenters. The molecule has 0 amide bonds. The van der Waals surface area contributed by atoms with Crippen LogP contribution in [0, 0.1) is 0 Å². The molecule has 1 unspecified atom stereocenters. The standard InChI is InChI=1S/C13H23N3O/c1-3-11(2)16-8-5-12(15-16)9-14-10-13(17)6-4-7-13/h5,8,11,14,17H,3-4,6-7,9-10H2,1-2H3. The van der Waals surface area contributed by atoms with Crippen LogP contribution in [-0.2, 0) is 6.54 Å². The highest BCUT2D eigenvalue weighted by atomic mass is 16.3. The van der Waals surface area contributed by atoms with Gasteiger partial charge >= 0.3 is 0 Å². The average Bonchev–Trinajstić information content (AvgIpc) is 2.74. The zero-order valence-electron chi connectivity index (χ0n) is 10.8. The van der Waals surface area contributed by atoms with Crippen molar-refractivity contribution < 1.29 is 5.11 Å². The minimum absolute atomic E-state index is 0.445. The third kappa shape index (κ3) is 3.07. The molecule has 1 aliphatic rings. The summed E-state index contributed by atoms with van der Waals surface area (Å²) in [6, 6.07) is 2.50. The summed E-state index contributed by atoms with van der Waals surface area (Å²) in [5, 5.41) is 17.7. The van der Waals surface area contributed by atoms with Crippen LogP contribution >= 0.6 is 0 Å². The van der Waals surface area contributed by atoms with Crippen molar-refractivity contribution in [2.45, 2.75) is 57.7 Å². The number of aromatic nitrogens is 2. The molecule has 0 bridgehead atoms. The second-order valence-corrected chi connectivity index (χ2v) is 5.23. The summed E-state index contributed by atoms with van der Waals surface area (Å²) in [7, 11) is 0. The van der Waals surface area contributed by atoms with Gasteiger partial charge in [0.15, 0.2) is 0 Å². The van der Waals surface area contributed by atoms with Crippen LogP contribution in [-0.4, -0.2) is 27.0 Å². The molecule has 1 aromatic heterocycles. The van der Waals surface area contributed by atoms with E-state index in [1.165, 1.54) is 0 Å². The van der Waals surface area contributed by atoms with E-state index in [1.807, 2.05) is 16.9 Å². The van der Waals surface area contributed by atoms with Crippen molar-refractivity contribution in [3.8, 4) is 0 Å². The summed E-state index contributed by atoms with van der Waals surface area (Å²) in [6.07, 6.45) is 6.14. The van der Waals surface area contributed by atoms with E-state index in [1.54, 1.807) is 0 Å². The third-order valence-corrected chi connectivity index (χ3v) is 3.75. The maximum atomic E-state index is 9.93. The monoisotopic (exact) mass is 237 g/mol. The molecule has 1 fully saturated rings. The Kier molecular flexibility index (Phi) is 3.84. The Hall–Kier alpha value is -0.870. The van der Waals surface area contributed by atoms with Gasteiger partial charge in [0.05, 0.1) is 11.3 Å². The number of hydrogen-bond donors (Lipinski definition) is 2. The van der Waals surface area contributed by atoms with Gasteiger partial charge in [0, 0.05) is 25.3 Å². The minimum atomic E-state index is -0.445. The first-order valence-corrected chi connectivity index (χ1v) is 6.60. The summed E-state index contributed by atoms with van der Waals surface area (Å²) in [5.74, 6) is 0. The molecule has 0 saturated heterocycles. The maximum Gasteiger partial charge on any atom is 0.0771 e. The average molecular weight is 237 g/mol. The van der Waals surface area contributed by atoms with Crippen LogP contribution in [0.3, 0.4) is 0 Å². The summed E-state index contributed by atoms with van der Waals surface area (Å²) in [5.41, 5.74) is 0.604. The maximum absolute atomic E-state index is 9.93. The summed E-state index contributed by atoms with van der Waals surface area (Å²) in [4.78, 5) is 0. The van der Waals surface area contributed by atoms with Crippen molar-refractivity contribution in [1.82, 2.24) is 15.1 Å². The molecule has 1 aromatic rings. The van der Waals surface area contributed by atoms with Gasteiger partial charge in [-0.25, -0.2) is 0 Å². The molecular formula is C13H23N3O. The molecule has 4 heteroatoms. The topological polar surface area (TPSA) is 50.1 Å². The van der Waals surface area contributed by atoms with Gasteiger partial charge < -0.3 is 10.4 Å². The number of aliphatic hydroxyl groups is 1. The molecule has 1 heterocycles. The zero-order valence-corrected chi connectivity index (χ0v) is 10.8. The quantitative estimate of drug-likeness (QED) is 0.794.